The van der Waals surface area contributed by atoms with Crippen LogP contribution in [0.3, 0.4) is 0 Å². The van der Waals surface area contributed by atoms with Gasteiger partial charge in [0.15, 0.2) is 0 Å². The van der Waals surface area contributed by atoms with Crippen molar-refractivity contribution in [2.45, 2.75) is 51.6 Å². The topological polar surface area (TPSA) is 15.3 Å². The van der Waals surface area contributed by atoms with Gasteiger partial charge in [0.25, 0.3) is 0 Å². The molecule has 0 spiro atoms. The van der Waals surface area contributed by atoms with Gasteiger partial charge in [-0.15, -0.1) is 11.3 Å². The number of hydrogen-bond acceptors (Lipinski definition) is 3. The van der Waals surface area contributed by atoms with Gasteiger partial charge in [0, 0.05) is 23.0 Å². The highest BCUT2D eigenvalue weighted by Crippen LogP contribution is 2.23. The maximum atomic E-state index is 3.60. The highest BCUT2D eigenvalue weighted by Gasteiger charge is 2.29. The third kappa shape index (κ3) is 3.56. The smallest absolute Gasteiger partial charge is 0.0140 e. The molecule has 1 atom stereocenters. The summed E-state index contributed by atoms with van der Waals surface area (Å²) in [5.74, 6) is 0. The lowest BCUT2D eigenvalue weighted by atomic mass is 9.88. The van der Waals surface area contributed by atoms with Crippen LogP contribution in [0, 0.1) is 6.92 Å². The third-order valence-electron chi connectivity index (χ3n) is 4.11. The Bertz CT molecular complexity index is 384. The van der Waals surface area contributed by atoms with Crippen LogP contribution in [0.2, 0.25) is 0 Å². The fourth-order valence-corrected chi connectivity index (χ4v) is 3.74. The van der Waals surface area contributed by atoms with E-state index in [2.05, 4.69) is 49.5 Å². The summed E-state index contributed by atoms with van der Waals surface area (Å²) in [5, 5.41) is 5.80. The van der Waals surface area contributed by atoms with Gasteiger partial charge in [-0.1, -0.05) is 0 Å². The first-order valence-electron chi connectivity index (χ1n) is 6.96. The molecule has 0 aromatic carbocycles. The Balaban J connectivity index is 1.84. The summed E-state index contributed by atoms with van der Waals surface area (Å²) in [6.07, 6.45) is 3.74. The second kappa shape index (κ2) is 5.72. The fourth-order valence-electron chi connectivity index (χ4n) is 2.84. The van der Waals surface area contributed by atoms with Crippen LogP contribution in [0.4, 0.5) is 0 Å². The highest BCUT2D eigenvalue weighted by molar-refractivity contribution is 7.10. The van der Waals surface area contributed by atoms with Crippen LogP contribution in [-0.2, 0) is 6.42 Å². The summed E-state index contributed by atoms with van der Waals surface area (Å²) in [7, 11) is 2.29. The van der Waals surface area contributed by atoms with E-state index >= 15 is 0 Å². The monoisotopic (exact) mass is 266 g/mol. The zero-order valence-corrected chi connectivity index (χ0v) is 12.9. The van der Waals surface area contributed by atoms with Crippen LogP contribution in [0.5, 0.6) is 0 Å². The van der Waals surface area contributed by atoms with Gasteiger partial charge in [-0.2, -0.15) is 0 Å². The first-order chi connectivity index (χ1) is 8.48. The molecule has 0 bridgehead atoms. The molecule has 2 heterocycles. The molecule has 1 aromatic heterocycles. The highest BCUT2D eigenvalue weighted by atomic mass is 32.1. The molecule has 102 valence electrons. The number of likely N-dealkylation sites (N-methyl/N-ethyl adjacent to an activating group) is 1. The number of nitrogens with zero attached hydrogens (tertiary/aromatic N) is 1. The maximum absolute atomic E-state index is 3.60. The fraction of sp³-hybridized carbons (Fsp3) is 0.733. The predicted molar refractivity (Wildman–Crippen MR) is 80.5 cm³/mol. The van der Waals surface area contributed by atoms with E-state index in [0.717, 1.165) is 12.6 Å². The molecule has 1 aliphatic heterocycles. The van der Waals surface area contributed by atoms with E-state index < -0.39 is 0 Å². The second-order valence-electron chi connectivity index (χ2n) is 6.21. The number of aryl methyl sites for hydroxylation is 1. The minimum absolute atomic E-state index is 0.302. The lowest BCUT2D eigenvalue weighted by Crippen LogP contribution is -2.52. The van der Waals surface area contributed by atoms with Gasteiger partial charge in [0.2, 0.25) is 0 Å². The van der Waals surface area contributed by atoms with E-state index in [-0.39, 0.29) is 0 Å². The van der Waals surface area contributed by atoms with Crippen molar-refractivity contribution >= 4 is 11.3 Å². The third-order valence-corrected chi connectivity index (χ3v) is 5.19. The van der Waals surface area contributed by atoms with Crippen molar-refractivity contribution in [2.24, 2.45) is 0 Å². The summed E-state index contributed by atoms with van der Waals surface area (Å²) in [5.41, 5.74) is 1.76. The van der Waals surface area contributed by atoms with Crippen molar-refractivity contribution in [1.82, 2.24) is 10.2 Å². The normalized spacial score (nSPS) is 23.5. The molecule has 1 aromatic rings. The molecule has 1 aliphatic rings. The van der Waals surface area contributed by atoms with Crippen LogP contribution in [0.15, 0.2) is 11.4 Å². The molecule has 1 N–H and O–H groups in total. The Morgan fingerprint density at radius 3 is 2.89 bits per heavy atom. The average molecular weight is 266 g/mol. The number of piperidine rings is 1. The summed E-state index contributed by atoms with van der Waals surface area (Å²) in [6.45, 7) is 9.19. The first-order valence-corrected chi connectivity index (χ1v) is 7.84. The van der Waals surface area contributed by atoms with Crippen molar-refractivity contribution in [1.29, 1.82) is 0 Å². The molecule has 1 fully saturated rings. The summed E-state index contributed by atoms with van der Waals surface area (Å²) < 4.78 is 0. The quantitative estimate of drug-likeness (QED) is 0.901. The number of thiophene rings is 1. The maximum Gasteiger partial charge on any atom is 0.0140 e. The van der Waals surface area contributed by atoms with Crippen LogP contribution in [-0.4, -0.2) is 36.6 Å². The Labute approximate surface area is 115 Å². The zero-order valence-electron chi connectivity index (χ0n) is 12.1. The molecular weight excluding hydrogens is 240 g/mol. The van der Waals surface area contributed by atoms with Gasteiger partial charge < -0.3 is 10.2 Å². The molecule has 2 nitrogen and oxygen atoms in total. The van der Waals surface area contributed by atoms with Crippen molar-refractivity contribution < 1.29 is 0 Å². The molecule has 1 unspecified atom stereocenters. The van der Waals surface area contributed by atoms with Crippen LogP contribution in [0.25, 0.3) is 0 Å². The van der Waals surface area contributed by atoms with Gasteiger partial charge in [-0.3, -0.25) is 0 Å². The molecular formula is C15H26N2S. The Morgan fingerprint density at radius 2 is 2.28 bits per heavy atom. The SMILES string of the molecule is Cc1ccsc1CCN(C)C1CCNC(C)(C)C1. The van der Waals surface area contributed by atoms with Gasteiger partial charge in [-0.05, 0) is 70.6 Å². The van der Waals surface area contributed by atoms with Crippen LogP contribution in [0.1, 0.15) is 37.1 Å². The average Bonchev–Trinajstić information content (AvgIpc) is 2.70. The largest absolute Gasteiger partial charge is 0.312 e. The Kier molecular flexibility index (Phi) is 4.46. The number of rotatable bonds is 4. The lowest BCUT2D eigenvalue weighted by Gasteiger charge is -2.40. The first kappa shape index (κ1) is 14.0. The Morgan fingerprint density at radius 1 is 1.50 bits per heavy atom. The van der Waals surface area contributed by atoms with Crippen molar-refractivity contribution in [3.8, 4) is 0 Å². The second-order valence-corrected chi connectivity index (χ2v) is 7.22. The van der Waals surface area contributed by atoms with Gasteiger partial charge in [0.1, 0.15) is 0 Å². The number of nitrogens with one attached hydrogen (secondary N) is 1. The number of hydrogen-bond donors (Lipinski definition) is 1. The van der Waals surface area contributed by atoms with Crippen LogP contribution < -0.4 is 5.32 Å². The molecule has 0 amide bonds. The molecule has 2 rings (SSSR count). The summed E-state index contributed by atoms with van der Waals surface area (Å²) in [4.78, 5) is 4.11. The molecule has 0 saturated carbocycles. The molecule has 1 saturated heterocycles. The van der Waals surface area contributed by atoms with E-state index in [0.29, 0.717) is 5.54 Å². The van der Waals surface area contributed by atoms with Crippen molar-refractivity contribution in [3.63, 3.8) is 0 Å². The van der Waals surface area contributed by atoms with Crippen LogP contribution >= 0.6 is 11.3 Å². The molecule has 0 radical (unpaired) electrons. The standard InChI is InChI=1S/C15H26N2S/c1-12-7-10-18-14(12)6-9-17(4)13-5-8-16-15(2,3)11-13/h7,10,13,16H,5-6,8-9,11H2,1-4H3. The summed E-state index contributed by atoms with van der Waals surface area (Å²) >= 11 is 1.90. The van der Waals surface area contributed by atoms with Crippen molar-refractivity contribution in [3.05, 3.63) is 21.9 Å². The van der Waals surface area contributed by atoms with Gasteiger partial charge in [-0.25, -0.2) is 0 Å². The minimum atomic E-state index is 0.302. The van der Waals surface area contributed by atoms with E-state index in [1.807, 2.05) is 11.3 Å². The van der Waals surface area contributed by atoms with E-state index in [1.165, 1.54) is 31.4 Å². The molecule has 3 heteroatoms. The van der Waals surface area contributed by atoms with E-state index in [4.69, 9.17) is 0 Å². The van der Waals surface area contributed by atoms with Crippen molar-refractivity contribution in [2.75, 3.05) is 20.1 Å². The predicted octanol–water partition coefficient (Wildman–Crippen LogP) is 3.06. The van der Waals surface area contributed by atoms with E-state index in [9.17, 15) is 0 Å². The molecule has 0 aliphatic carbocycles. The zero-order chi connectivity index (χ0) is 13.2. The lowest BCUT2D eigenvalue weighted by molar-refractivity contribution is 0.145. The summed E-state index contributed by atoms with van der Waals surface area (Å²) in [6, 6.07) is 2.97. The minimum Gasteiger partial charge on any atom is -0.312 e. The van der Waals surface area contributed by atoms with E-state index in [1.54, 1.807) is 4.88 Å². The Hall–Kier alpha value is -0.380. The molecule has 18 heavy (non-hydrogen) atoms. The van der Waals surface area contributed by atoms with Gasteiger partial charge in [0.05, 0.1) is 0 Å². The van der Waals surface area contributed by atoms with Gasteiger partial charge >= 0.3 is 0 Å².